The summed E-state index contributed by atoms with van der Waals surface area (Å²) in [6.45, 7) is 6.12. The van der Waals surface area contributed by atoms with Crippen LogP contribution in [0.15, 0.2) is 28.4 Å². The molecule has 0 bridgehead atoms. The van der Waals surface area contributed by atoms with Crippen molar-refractivity contribution >= 4 is 49.0 Å². The predicted molar refractivity (Wildman–Crippen MR) is 110 cm³/mol. The van der Waals surface area contributed by atoms with Gasteiger partial charge in [0.1, 0.15) is 21.9 Å². The minimum atomic E-state index is -0.207. The summed E-state index contributed by atoms with van der Waals surface area (Å²) in [6.07, 6.45) is 0. The number of nitrogens with one attached hydrogen (secondary N) is 1. The van der Waals surface area contributed by atoms with Gasteiger partial charge < -0.3 is 5.32 Å². The van der Waals surface area contributed by atoms with Gasteiger partial charge in [-0.25, -0.2) is 9.97 Å². The lowest BCUT2D eigenvalue weighted by Gasteiger charge is -2.09. The van der Waals surface area contributed by atoms with Crippen molar-refractivity contribution in [3.63, 3.8) is 0 Å². The zero-order chi connectivity index (χ0) is 19.1. The van der Waals surface area contributed by atoms with Crippen molar-refractivity contribution in [2.45, 2.75) is 33.9 Å². The third kappa shape index (κ3) is 3.26. The average molecular weight is 399 g/mol. The third-order valence-electron chi connectivity index (χ3n) is 4.41. The Morgan fingerprint density at radius 3 is 2.81 bits per heavy atom. The van der Waals surface area contributed by atoms with Gasteiger partial charge in [0.2, 0.25) is 5.91 Å². The van der Waals surface area contributed by atoms with E-state index in [1.54, 1.807) is 18.3 Å². The molecule has 0 saturated carbocycles. The summed E-state index contributed by atoms with van der Waals surface area (Å²) in [5.74, 6) is 0.319. The van der Waals surface area contributed by atoms with Crippen molar-refractivity contribution < 1.29 is 4.79 Å². The number of hydrogen-bond donors (Lipinski definition) is 1. The molecule has 4 aromatic heterocycles. The summed E-state index contributed by atoms with van der Waals surface area (Å²) in [6, 6.07) is 5.90. The number of thiophene rings is 2. The highest BCUT2D eigenvalue weighted by Gasteiger charge is 2.18. The Morgan fingerprint density at radius 1 is 1.26 bits per heavy atom. The molecule has 0 aliphatic carbocycles. The molecule has 138 valence electrons. The van der Waals surface area contributed by atoms with Crippen LogP contribution >= 0.6 is 22.7 Å². The lowest BCUT2D eigenvalue weighted by Crippen LogP contribution is -2.33. The molecule has 4 aromatic rings. The van der Waals surface area contributed by atoms with E-state index in [9.17, 15) is 9.59 Å². The van der Waals surface area contributed by atoms with Gasteiger partial charge in [-0.1, -0.05) is 6.07 Å². The van der Waals surface area contributed by atoms with Gasteiger partial charge in [0.25, 0.3) is 5.56 Å². The molecule has 0 unspecified atom stereocenters. The predicted octanol–water partition coefficient (Wildman–Crippen LogP) is 3.31. The van der Waals surface area contributed by atoms with Gasteiger partial charge in [0, 0.05) is 16.0 Å². The molecule has 1 amide bonds. The molecule has 0 aromatic carbocycles. The quantitative estimate of drug-likeness (QED) is 0.572. The molecule has 4 rings (SSSR count). The Labute approximate surface area is 163 Å². The number of aryl methyl sites for hydroxylation is 3. The third-order valence-corrected chi connectivity index (χ3v) is 6.34. The number of rotatable bonds is 4. The highest BCUT2D eigenvalue weighted by atomic mass is 32.1. The van der Waals surface area contributed by atoms with Gasteiger partial charge in [-0.3, -0.25) is 14.2 Å². The lowest BCUT2D eigenvalue weighted by atomic mass is 10.1. The lowest BCUT2D eigenvalue weighted by molar-refractivity contribution is -0.121. The van der Waals surface area contributed by atoms with Crippen molar-refractivity contribution in [3.05, 3.63) is 55.9 Å². The van der Waals surface area contributed by atoms with Gasteiger partial charge in [-0.05, 0) is 43.8 Å². The molecular weight excluding hydrogens is 380 g/mol. The largest absolute Gasteiger partial charge is 0.350 e. The smallest absolute Gasteiger partial charge is 0.272 e. The Bertz CT molecular complexity index is 1220. The van der Waals surface area contributed by atoms with Crippen molar-refractivity contribution in [2.24, 2.45) is 0 Å². The molecule has 0 aliphatic heterocycles. The van der Waals surface area contributed by atoms with Crippen molar-refractivity contribution in [3.8, 4) is 0 Å². The molecule has 0 saturated heterocycles. The number of nitrogens with zero attached hydrogens (tertiary/aromatic N) is 3. The first kappa shape index (κ1) is 17.8. The number of hydrogen-bond acceptors (Lipinski definition) is 6. The summed E-state index contributed by atoms with van der Waals surface area (Å²) in [5, 5.41) is 5.75. The number of pyridine rings is 1. The van der Waals surface area contributed by atoms with Crippen LogP contribution in [-0.4, -0.2) is 20.4 Å². The summed E-state index contributed by atoms with van der Waals surface area (Å²) in [4.78, 5) is 36.4. The Balaban J connectivity index is 1.71. The van der Waals surface area contributed by atoms with Crippen molar-refractivity contribution in [1.82, 2.24) is 19.9 Å². The van der Waals surface area contributed by atoms with Gasteiger partial charge in [-0.15, -0.1) is 22.7 Å². The second-order valence-electron chi connectivity index (χ2n) is 6.45. The Kier molecular flexibility index (Phi) is 4.53. The van der Waals surface area contributed by atoms with E-state index in [0.717, 1.165) is 26.4 Å². The topological polar surface area (TPSA) is 76.9 Å². The maximum Gasteiger partial charge on any atom is 0.272 e. The summed E-state index contributed by atoms with van der Waals surface area (Å²) >= 11 is 2.92. The van der Waals surface area contributed by atoms with Crippen LogP contribution in [0.5, 0.6) is 0 Å². The SMILES string of the molecule is Cc1cc(C)c2c(n1)sc1c(=O)n(CC(=O)NCc3cccs3)c(C)nc12. The first-order valence-electron chi connectivity index (χ1n) is 8.51. The molecule has 6 nitrogen and oxygen atoms in total. The molecule has 4 heterocycles. The zero-order valence-corrected chi connectivity index (χ0v) is 16.8. The molecule has 0 aliphatic rings. The highest BCUT2D eigenvalue weighted by Crippen LogP contribution is 2.32. The fourth-order valence-electron chi connectivity index (χ4n) is 3.15. The van der Waals surface area contributed by atoms with E-state index in [4.69, 9.17) is 0 Å². The Hall–Kier alpha value is -2.58. The molecule has 0 radical (unpaired) electrons. The van der Waals surface area contributed by atoms with Crippen molar-refractivity contribution in [2.75, 3.05) is 0 Å². The number of amides is 1. The molecule has 0 atom stereocenters. The van der Waals surface area contributed by atoms with E-state index in [-0.39, 0.29) is 18.0 Å². The molecule has 1 N–H and O–H groups in total. The van der Waals surface area contributed by atoms with E-state index in [2.05, 4.69) is 15.3 Å². The van der Waals surface area contributed by atoms with E-state index < -0.39 is 0 Å². The van der Waals surface area contributed by atoms with Crippen LogP contribution in [0.25, 0.3) is 20.4 Å². The molecular formula is C19H18N4O2S2. The molecule has 8 heteroatoms. The molecule has 27 heavy (non-hydrogen) atoms. The van der Waals surface area contributed by atoms with E-state index in [1.807, 2.05) is 37.4 Å². The standard InChI is InChI=1S/C19H18N4O2S2/c1-10-7-11(2)21-18-15(10)16-17(27-18)19(25)23(12(3)22-16)9-14(24)20-8-13-5-4-6-26-13/h4-7H,8-9H2,1-3H3,(H,20,24). The number of aromatic nitrogens is 3. The summed E-state index contributed by atoms with van der Waals surface area (Å²) in [5.41, 5.74) is 2.46. The maximum atomic E-state index is 13.0. The van der Waals surface area contributed by atoms with Crippen LogP contribution in [0.3, 0.4) is 0 Å². The van der Waals surface area contributed by atoms with Crippen LogP contribution in [-0.2, 0) is 17.9 Å². The summed E-state index contributed by atoms with van der Waals surface area (Å²) < 4.78 is 1.98. The first-order valence-corrected chi connectivity index (χ1v) is 10.2. The number of fused-ring (bicyclic) bond motifs is 3. The van der Waals surface area contributed by atoms with Gasteiger partial charge in [0.05, 0.1) is 12.1 Å². The average Bonchev–Trinajstić information content (AvgIpc) is 3.24. The van der Waals surface area contributed by atoms with Crippen LogP contribution < -0.4 is 10.9 Å². The fourth-order valence-corrected chi connectivity index (χ4v) is 4.98. The monoisotopic (exact) mass is 398 g/mol. The second kappa shape index (κ2) is 6.86. The minimum absolute atomic E-state index is 0.0430. The van der Waals surface area contributed by atoms with Crippen LogP contribution in [0, 0.1) is 20.8 Å². The zero-order valence-electron chi connectivity index (χ0n) is 15.2. The molecule has 0 spiro atoms. The highest BCUT2D eigenvalue weighted by molar-refractivity contribution is 7.25. The number of carbonyl (C=O) groups is 1. The first-order chi connectivity index (χ1) is 12.9. The maximum absolute atomic E-state index is 13.0. The minimum Gasteiger partial charge on any atom is -0.350 e. The van der Waals surface area contributed by atoms with Gasteiger partial charge in [-0.2, -0.15) is 0 Å². The van der Waals surface area contributed by atoms with Crippen LogP contribution in [0.4, 0.5) is 0 Å². The van der Waals surface area contributed by atoms with E-state index in [1.165, 1.54) is 15.9 Å². The number of carbonyl (C=O) groups excluding carboxylic acids is 1. The summed E-state index contributed by atoms with van der Waals surface area (Å²) in [7, 11) is 0. The van der Waals surface area contributed by atoms with Crippen LogP contribution in [0.2, 0.25) is 0 Å². The Morgan fingerprint density at radius 2 is 2.07 bits per heavy atom. The second-order valence-corrected chi connectivity index (χ2v) is 8.48. The van der Waals surface area contributed by atoms with Gasteiger partial charge in [0.15, 0.2) is 0 Å². The van der Waals surface area contributed by atoms with Crippen LogP contribution in [0.1, 0.15) is 22.0 Å². The normalized spacial score (nSPS) is 11.4. The van der Waals surface area contributed by atoms with Gasteiger partial charge >= 0.3 is 0 Å². The fraction of sp³-hybridized carbons (Fsp3) is 0.263. The van der Waals surface area contributed by atoms with E-state index in [0.29, 0.717) is 22.6 Å². The van der Waals surface area contributed by atoms with Crippen molar-refractivity contribution in [1.29, 1.82) is 0 Å². The molecule has 0 fully saturated rings. The van der Waals surface area contributed by atoms with E-state index >= 15 is 0 Å².